The lowest BCUT2D eigenvalue weighted by Crippen LogP contribution is -2.53. The second-order valence-corrected chi connectivity index (χ2v) is 5.05. The molecule has 0 unspecified atom stereocenters. The van der Waals surface area contributed by atoms with Gasteiger partial charge >= 0.3 is 5.97 Å². The van der Waals surface area contributed by atoms with Gasteiger partial charge in [0.15, 0.2) is 0 Å². The monoisotopic (exact) mass is 215 g/mol. The summed E-state index contributed by atoms with van der Waals surface area (Å²) in [6, 6.07) is 0. The summed E-state index contributed by atoms with van der Waals surface area (Å²) < 4.78 is 10.5. The first-order valence-electron chi connectivity index (χ1n) is 5.37. The van der Waals surface area contributed by atoms with E-state index < -0.39 is 11.1 Å². The Morgan fingerprint density at radius 2 is 2.13 bits per heavy atom. The van der Waals surface area contributed by atoms with Gasteiger partial charge in [0.25, 0.3) is 0 Å². The average molecular weight is 215 g/mol. The van der Waals surface area contributed by atoms with E-state index in [-0.39, 0.29) is 5.97 Å². The quantitative estimate of drug-likeness (QED) is 0.716. The molecule has 0 aromatic rings. The maximum Gasteiger partial charge on any atom is 0.329 e. The molecule has 1 aliphatic rings. The summed E-state index contributed by atoms with van der Waals surface area (Å²) in [4.78, 5) is 12.0. The van der Waals surface area contributed by atoms with Gasteiger partial charge in [-0.1, -0.05) is 0 Å². The van der Waals surface area contributed by atoms with Gasteiger partial charge in [0.2, 0.25) is 0 Å². The Bertz CT molecular complexity index is 226. The fourth-order valence-electron chi connectivity index (χ4n) is 1.78. The molecule has 0 aromatic carbocycles. The summed E-state index contributed by atoms with van der Waals surface area (Å²) in [6.07, 6.45) is 1.78. The van der Waals surface area contributed by atoms with Crippen LogP contribution in [0.25, 0.3) is 0 Å². The smallest absolute Gasteiger partial charge is 0.329 e. The number of methoxy groups -OCH3 is 1. The van der Waals surface area contributed by atoms with Gasteiger partial charge in [-0.25, -0.2) is 4.79 Å². The highest BCUT2D eigenvalue weighted by atomic mass is 16.6. The molecule has 4 nitrogen and oxygen atoms in total. The highest BCUT2D eigenvalue weighted by Gasteiger charge is 2.43. The third-order valence-electron chi connectivity index (χ3n) is 2.42. The van der Waals surface area contributed by atoms with Crippen molar-refractivity contribution in [2.45, 2.75) is 44.8 Å². The summed E-state index contributed by atoms with van der Waals surface area (Å²) in [6.45, 7) is 6.85. The van der Waals surface area contributed by atoms with E-state index in [9.17, 15) is 4.79 Å². The van der Waals surface area contributed by atoms with Gasteiger partial charge in [0.05, 0.1) is 6.61 Å². The number of hydrogen-bond donors (Lipinski definition) is 1. The van der Waals surface area contributed by atoms with E-state index in [1.165, 1.54) is 0 Å². The van der Waals surface area contributed by atoms with Crippen LogP contribution in [0.4, 0.5) is 0 Å². The number of hydrogen-bond acceptors (Lipinski definition) is 4. The summed E-state index contributed by atoms with van der Waals surface area (Å²) in [5.41, 5.74) is -1.07. The molecular weight excluding hydrogens is 194 g/mol. The van der Waals surface area contributed by atoms with Crippen molar-refractivity contribution < 1.29 is 14.3 Å². The third kappa shape index (κ3) is 3.18. The standard InChI is InChI=1S/C11H21NO3/c1-10(2,3)15-9(13)11(8-14-4)6-5-7-12-11/h12H,5-8H2,1-4H3/t11-/m0/s1. The zero-order valence-corrected chi connectivity index (χ0v) is 10.1. The van der Waals surface area contributed by atoms with Crippen molar-refractivity contribution in [2.75, 3.05) is 20.3 Å². The predicted octanol–water partition coefficient (Wildman–Crippen LogP) is 1.10. The number of carbonyl (C=O) groups is 1. The van der Waals surface area contributed by atoms with E-state index in [2.05, 4.69) is 5.32 Å². The molecule has 4 heteroatoms. The molecule has 0 bridgehead atoms. The van der Waals surface area contributed by atoms with Crippen LogP contribution in [-0.4, -0.2) is 37.4 Å². The molecule has 1 heterocycles. The Morgan fingerprint density at radius 1 is 1.47 bits per heavy atom. The molecule has 0 saturated carbocycles. The Balaban J connectivity index is 2.68. The number of esters is 1. The van der Waals surface area contributed by atoms with Crippen LogP contribution in [0.15, 0.2) is 0 Å². The molecule has 0 spiro atoms. The van der Waals surface area contributed by atoms with Crippen LogP contribution in [-0.2, 0) is 14.3 Å². The van der Waals surface area contributed by atoms with Gasteiger partial charge in [-0.15, -0.1) is 0 Å². The number of ether oxygens (including phenoxy) is 2. The number of rotatable bonds is 3. The van der Waals surface area contributed by atoms with Gasteiger partial charge < -0.3 is 9.47 Å². The van der Waals surface area contributed by atoms with Crippen LogP contribution in [0.3, 0.4) is 0 Å². The van der Waals surface area contributed by atoms with Crippen molar-refractivity contribution >= 4 is 5.97 Å². The lowest BCUT2D eigenvalue weighted by atomic mass is 9.98. The molecule has 0 aromatic heterocycles. The summed E-state index contributed by atoms with van der Waals surface area (Å²) >= 11 is 0. The predicted molar refractivity (Wildman–Crippen MR) is 57.7 cm³/mol. The van der Waals surface area contributed by atoms with Crippen molar-refractivity contribution in [2.24, 2.45) is 0 Å². The lowest BCUT2D eigenvalue weighted by molar-refractivity contribution is -0.164. The summed E-state index contributed by atoms with van der Waals surface area (Å²) in [7, 11) is 1.60. The Morgan fingerprint density at radius 3 is 2.53 bits per heavy atom. The molecule has 1 aliphatic heterocycles. The molecule has 1 N–H and O–H groups in total. The number of carbonyl (C=O) groups excluding carboxylic acids is 1. The van der Waals surface area contributed by atoms with Crippen molar-refractivity contribution in [1.29, 1.82) is 0 Å². The minimum atomic E-state index is -0.623. The zero-order valence-electron chi connectivity index (χ0n) is 10.1. The Hall–Kier alpha value is -0.610. The molecule has 15 heavy (non-hydrogen) atoms. The minimum absolute atomic E-state index is 0.200. The van der Waals surface area contributed by atoms with Crippen LogP contribution in [0, 0.1) is 0 Å². The highest BCUT2D eigenvalue weighted by Crippen LogP contribution is 2.23. The largest absolute Gasteiger partial charge is 0.459 e. The van der Waals surface area contributed by atoms with E-state index in [0.29, 0.717) is 6.61 Å². The van der Waals surface area contributed by atoms with Crippen LogP contribution in [0.1, 0.15) is 33.6 Å². The third-order valence-corrected chi connectivity index (χ3v) is 2.42. The van der Waals surface area contributed by atoms with E-state index in [1.807, 2.05) is 20.8 Å². The van der Waals surface area contributed by atoms with Crippen molar-refractivity contribution in [1.82, 2.24) is 5.32 Å². The summed E-state index contributed by atoms with van der Waals surface area (Å²) in [5, 5.41) is 3.19. The minimum Gasteiger partial charge on any atom is -0.459 e. The van der Waals surface area contributed by atoms with Gasteiger partial charge in [0, 0.05) is 7.11 Å². The van der Waals surface area contributed by atoms with E-state index in [1.54, 1.807) is 7.11 Å². The molecule has 0 aliphatic carbocycles. The molecule has 1 atom stereocenters. The molecular formula is C11H21NO3. The molecule has 1 saturated heterocycles. The van der Waals surface area contributed by atoms with Crippen LogP contribution < -0.4 is 5.32 Å². The second-order valence-electron chi connectivity index (χ2n) is 5.05. The SMILES string of the molecule is COC[C@]1(C(=O)OC(C)(C)C)CCCN1. The van der Waals surface area contributed by atoms with Gasteiger partial charge in [-0.2, -0.15) is 0 Å². The first-order valence-corrected chi connectivity index (χ1v) is 5.37. The van der Waals surface area contributed by atoms with Gasteiger partial charge in [-0.05, 0) is 40.2 Å². The highest BCUT2D eigenvalue weighted by molar-refractivity contribution is 5.81. The van der Waals surface area contributed by atoms with Crippen molar-refractivity contribution in [3.05, 3.63) is 0 Å². The molecule has 0 amide bonds. The van der Waals surface area contributed by atoms with E-state index in [4.69, 9.17) is 9.47 Å². The van der Waals surface area contributed by atoms with Crippen LogP contribution in [0.2, 0.25) is 0 Å². The summed E-state index contributed by atoms with van der Waals surface area (Å²) in [5.74, 6) is -0.200. The zero-order chi connectivity index (χ0) is 11.5. The molecule has 1 fully saturated rings. The molecule has 88 valence electrons. The van der Waals surface area contributed by atoms with Crippen LogP contribution >= 0.6 is 0 Å². The van der Waals surface area contributed by atoms with E-state index >= 15 is 0 Å². The van der Waals surface area contributed by atoms with Gasteiger partial charge in [0.1, 0.15) is 11.1 Å². The Labute approximate surface area is 91.3 Å². The molecule has 0 radical (unpaired) electrons. The normalized spacial score (nSPS) is 26.7. The van der Waals surface area contributed by atoms with E-state index in [0.717, 1.165) is 19.4 Å². The molecule has 1 rings (SSSR count). The topological polar surface area (TPSA) is 47.6 Å². The van der Waals surface area contributed by atoms with Crippen molar-refractivity contribution in [3.63, 3.8) is 0 Å². The average Bonchev–Trinajstić information content (AvgIpc) is 2.51. The Kier molecular flexibility index (Phi) is 3.73. The maximum absolute atomic E-state index is 12.0. The second kappa shape index (κ2) is 4.49. The van der Waals surface area contributed by atoms with Crippen LogP contribution in [0.5, 0.6) is 0 Å². The maximum atomic E-state index is 12.0. The fourth-order valence-corrected chi connectivity index (χ4v) is 1.78. The lowest BCUT2D eigenvalue weighted by Gasteiger charge is -2.30. The fraction of sp³-hybridized carbons (Fsp3) is 0.909. The first-order chi connectivity index (χ1) is 6.90. The van der Waals surface area contributed by atoms with Gasteiger partial charge in [-0.3, -0.25) is 5.32 Å². The van der Waals surface area contributed by atoms with Crippen molar-refractivity contribution in [3.8, 4) is 0 Å². The number of nitrogens with one attached hydrogen (secondary N) is 1. The first kappa shape index (κ1) is 12.5.